The van der Waals surface area contributed by atoms with Crippen LogP contribution in [-0.2, 0) is 26.1 Å². The van der Waals surface area contributed by atoms with Crippen LogP contribution < -0.4 is 9.64 Å². The fourth-order valence-corrected chi connectivity index (χ4v) is 10.1. The van der Waals surface area contributed by atoms with E-state index in [1.165, 1.54) is 11.3 Å². The largest absolute Gasteiger partial charge is 0.461 e. The number of nitrogens with zero attached hydrogens (tertiary/aromatic N) is 8. The standard InChI is InChI=1S/C35H46ClFN8O2/c1-22-16-34(11-6-14-44(34)18-22)21-47-33-38-26-17-35(12-10-23-8-5-9-25(37)28(23)35)42(4)19-24(26)31(39-33)43-13-7-15-45-27(20-43)29(36)30(40-45)32(46)41(2)3/h5,8-9,22-23,28H,6-7,10-21H2,1-4H3/t22?,23?,28?,34-,35-/m0/s1. The van der Waals surface area contributed by atoms with Crippen molar-refractivity contribution in [3.8, 4) is 6.01 Å². The second kappa shape index (κ2) is 11.6. The molecule has 6 heterocycles. The van der Waals surface area contributed by atoms with Crippen LogP contribution in [0.1, 0.15) is 72.9 Å². The van der Waals surface area contributed by atoms with E-state index in [1.807, 2.05) is 10.8 Å². The van der Waals surface area contributed by atoms with E-state index in [2.05, 4.69) is 39.8 Å². The smallest absolute Gasteiger partial charge is 0.318 e. The Bertz CT molecular complexity index is 1660. The Kier molecular flexibility index (Phi) is 7.68. The first-order valence-corrected chi connectivity index (χ1v) is 17.7. The Balaban J connectivity index is 1.17. The van der Waals surface area contributed by atoms with E-state index in [-0.39, 0.29) is 40.3 Å². The summed E-state index contributed by atoms with van der Waals surface area (Å²) in [7, 11) is 5.55. The van der Waals surface area contributed by atoms with E-state index in [9.17, 15) is 4.79 Å². The molecule has 3 fully saturated rings. The van der Waals surface area contributed by atoms with E-state index in [1.54, 1.807) is 20.2 Å². The molecule has 10 nitrogen and oxygen atoms in total. The van der Waals surface area contributed by atoms with Crippen LogP contribution in [0.15, 0.2) is 24.1 Å². The van der Waals surface area contributed by atoms with Crippen LogP contribution in [0.3, 0.4) is 0 Å². The summed E-state index contributed by atoms with van der Waals surface area (Å²) in [6.07, 6.45) is 12.5. The third-order valence-electron chi connectivity index (χ3n) is 12.0. The normalized spacial score (nSPS) is 31.7. The molecule has 1 amide bonds. The maximum absolute atomic E-state index is 15.6. The molecule has 1 spiro atoms. The molecular weight excluding hydrogens is 619 g/mol. The highest BCUT2D eigenvalue weighted by Gasteiger charge is 2.55. The molecule has 2 aromatic rings. The van der Waals surface area contributed by atoms with Gasteiger partial charge in [0, 0.05) is 63.7 Å². The summed E-state index contributed by atoms with van der Waals surface area (Å²) >= 11 is 6.88. The van der Waals surface area contributed by atoms with Crippen LogP contribution in [0, 0.1) is 17.8 Å². The quantitative estimate of drug-likeness (QED) is 0.448. The molecule has 12 heteroatoms. The number of aromatic nitrogens is 4. The predicted molar refractivity (Wildman–Crippen MR) is 178 cm³/mol. The minimum Gasteiger partial charge on any atom is -0.461 e. The number of halogens is 2. The highest BCUT2D eigenvalue weighted by molar-refractivity contribution is 6.34. The molecule has 2 aliphatic carbocycles. The minimum absolute atomic E-state index is 0.0228. The van der Waals surface area contributed by atoms with Gasteiger partial charge in [-0.3, -0.25) is 19.3 Å². The van der Waals surface area contributed by atoms with E-state index < -0.39 is 0 Å². The first kappa shape index (κ1) is 31.3. The first-order chi connectivity index (χ1) is 22.6. The van der Waals surface area contributed by atoms with E-state index in [4.69, 9.17) is 26.3 Å². The SMILES string of the molecule is CC1CN2CCC[C@@]2(COc2nc3c(c(N4CCCn5nc(C(=O)N(C)C)c(Cl)c5C4)n2)CN(C)[C@@]2(CCC4C=CC=C(F)C42)C3)C1. The fourth-order valence-electron chi connectivity index (χ4n) is 9.81. The van der Waals surface area contributed by atoms with Crippen molar-refractivity contribution in [2.24, 2.45) is 17.8 Å². The van der Waals surface area contributed by atoms with Crippen molar-refractivity contribution < 1.29 is 13.9 Å². The molecule has 0 N–H and O–H groups in total. The summed E-state index contributed by atoms with van der Waals surface area (Å²) in [6, 6.07) is 0.403. The number of fused-ring (bicyclic) bond motifs is 5. The number of ether oxygens (including phenoxy) is 1. The minimum atomic E-state index is -0.351. The van der Waals surface area contributed by atoms with Crippen LogP contribution in [-0.4, -0.2) is 98.8 Å². The van der Waals surface area contributed by atoms with Gasteiger partial charge in [0.1, 0.15) is 18.3 Å². The van der Waals surface area contributed by atoms with Crippen LogP contribution in [0.2, 0.25) is 5.02 Å². The maximum atomic E-state index is 15.6. The lowest BCUT2D eigenvalue weighted by Crippen LogP contribution is -2.55. The molecule has 2 aromatic heterocycles. The summed E-state index contributed by atoms with van der Waals surface area (Å²) in [5.41, 5.74) is 2.80. The fraction of sp³-hybridized carbons (Fsp3) is 0.657. The second-order valence-corrected chi connectivity index (χ2v) is 15.6. The van der Waals surface area contributed by atoms with Gasteiger partial charge < -0.3 is 14.5 Å². The van der Waals surface area contributed by atoms with Crippen LogP contribution >= 0.6 is 11.6 Å². The zero-order valence-corrected chi connectivity index (χ0v) is 28.8. The summed E-state index contributed by atoms with van der Waals surface area (Å²) < 4.78 is 24.1. The molecular formula is C35H46ClFN8O2. The van der Waals surface area contributed by atoms with Gasteiger partial charge in [0.25, 0.3) is 5.91 Å². The molecule has 4 aliphatic heterocycles. The number of amides is 1. The number of carbonyl (C=O) groups is 1. The van der Waals surface area contributed by atoms with Gasteiger partial charge in [-0.05, 0) is 70.0 Å². The van der Waals surface area contributed by atoms with Crippen molar-refractivity contribution in [3.05, 3.63) is 51.7 Å². The molecule has 6 aliphatic rings. The Labute approximate surface area is 281 Å². The number of aryl methyl sites for hydroxylation is 1. The van der Waals surface area contributed by atoms with Crippen molar-refractivity contribution in [1.82, 2.24) is 34.4 Å². The molecule has 1 saturated carbocycles. The van der Waals surface area contributed by atoms with Crippen LogP contribution in [0.4, 0.5) is 10.2 Å². The summed E-state index contributed by atoms with van der Waals surface area (Å²) in [6.45, 7) is 7.63. The number of likely N-dealkylation sites (N-methyl/N-ethyl adjacent to an activating group) is 1. The summed E-state index contributed by atoms with van der Waals surface area (Å²) in [4.78, 5) is 31.9. The summed E-state index contributed by atoms with van der Waals surface area (Å²) in [5, 5.41) is 5.03. The Morgan fingerprint density at radius 2 is 2.02 bits per heavy atom. The number of allylic oxidation sites excluding steroid dienone is 3. The zero-order chi connectivity index (χ0) is 32.7. The third-order valence-corrected chi connectivity index (χ3v) is 12.4. The number of carbonyl (C=O) groups excluding carboxylic acids is 1. The topological polar surface area (TPSA) is 82.9 Å². The molecule has 252 valence electrons. The lowest BCUT2D eigenvalue weighted by molar-refractivity contribution is 0.0529. The molecule has 0 bridgehead atoms. The van der Waals surface area contributed by atoms with Gasteiger partial charge in [-0.2, -0.15) is 15.1 Å². The molecule has 0 aromatic carbocycles. The molecule has 2 saturated heterocycles. The van der Waals surface area contributed by atoms with Crippen LogP contribution in [0.5, 0.6) is 6.01 Å². The van der Waals surface area contributed by atoms with E-state index in [0.29, 0.717) is 49.6 Å². The monoisotopic (exact) mass is 664 g/mol. The number of anilines is 1. The highest BCUT2D eigenvalue weighted by atomic mass is 35.5. The molecule has 3 unspecified atom stereocenters. The molecule has 47 heavy (non-hydrogen) atoms. The Morgan fingerprint density at radius 1 is 1.17 bits per heavy atom. The average Bonchev–Trinajstić information content (AvgIpc) is 3.73. The van der Waals surface area contributed by atoms with Gasteiger partial charge in [0.2, 0.25) is 0 Å². The lowest BCUT2D eigenvalue weighted by atomic mass is 9.73. The molecule has 5 atom stereocenters. The van der Waals surface area contributed by atoms with Gasteiger partial charge in [-0.15, -0.1) is 0 Å². The van der Waals surface area contributed by atoms with Gasteiger partial charge in [0.15, 0.2) is 5.69 Å². The second-order valence-electron chi connectivity index (χ2n) is 15.2. The number of rotatable bonds is 5. The van der Waals surface area contributed by atoms with Gasteiger partial charge in [-0.25, -0.2) is 4.39 Å². The Morgan fingerprint density at radius 3 is 2.85 bits per heavy atom. The van der Waals surface area contributed by atoms with Crippen molar-refractivity contribution in [2.75, 3.05) is 52.3 Å². The Hall–Kier alpha value is -3.02. The average molecular weight is 665 g/mol. The maximum Gasteiger partial charge on any atom is 0.318 e. The van der Waals surface area contributed by atoms with Crippen molar-refractivity contribution in [2.45, 2.75) is 82.6 Å². The van der Waals surface area contributed by atoms with Gasteiger partial charge in [0.05, 0.1) is 28.5 Å². The van der Waals surface area contributed by atoms with Crippen LogP contribution in [0.25, 0.3) is 0 Å². The summed E-state index contributed by atoms with van der Waals surface area (Å²) in [5.74, 6) is 1.27. The van der Waals surface area contributed by atoms with E-state index in [0.717, 1.165) is 74.5 Å². The van der Waals surface area contributed by atoms with Gasteiger partial charge in [-0.1, -0.05) is 30.7 Å². The first-order valence-electron chi connectivity index (χ1n) is 17.3. The van der Waals surface area contributed by atoms with Crippen molar-refractivity contribution >= 4 is 23.3 Å². The lowest BCUT2D eigenvalue weighted by Gasteiger charge is -2.48. The van der Waals surface area contributed by atoms with Crippen molar-refractivity contribution in [1.29, 1.82) is 0 Å². The third kappa shape index (κ3) is 5.01. The number of hydrogen-bond donors (Lipinski definition) is 0. The highest BCUT2D eigenvalue weighted by Crippen LogP contribution is 2.54. The zero-order valence-electron chi connectivity index (χ0n) is 28.0. The number of hydrogen-bond acceptors (Lipinski definition) is 8. The van der Waals surface area contributed by atoms with Gasteiger partial charge >= 0.3 is 6.01 Å². The predicted octanol–water partition coefficient (Wildman–Crippen LogP) is 4.87. The molecule has 8 rings (SSSR count). The van der Waals surface area contributed by atoms with Crippen molar-refractivity contribution in [3.63, 3.8) is 0 Å². The van der Waals surface area contributed by atoms with E-state index >= 15 is 4.39 Å². The molecule has 0 radical (unpaired) electrons.